The Morgan fingerprint density at radius 1 is 1.11 bits per heavy atom. The molecule has 0 unspecified atom stereocenters. The molecule has 8 heteroatoms. The van der Waals surface area contributed by atoms with Crippen LogP contribution < -0.4 is 10.5 Å². The van der Waals surface area contributed by atoms with Crippen molar-refractivity contribution >= 4 is 21.5 Å². The molecular weight excluding hydrogens is 276 g/mol. The van der Waals surface area contributed by atoms with E-state index in [9.17, 15) is 17.2 Å². The van der Waals surface area contributed by atoms with Gasteiger partial charge in [-0.1, -0.05) is 0 Å². The summed E-state index contributed by atoms with van der Waals surface area (Å²) in [5.41, 5.74) is 5.25. The molecule has 0 spiro atoms. The number of benzene rings is 1. The first-order chi connectivity index (χ1) is 8.88. The Bertz CT molecular complexity index is 702. The van der Waals surface area contributed by atoms with Gasteiger partial charge in [0.1, 0.15) is 10.7 Å². The molecule has 0 aliphatic heterocycles. The molecule has 0 bridgehead atoms. The maximum absolute atomic E-state index is 13.0. The summed E-state index contributed by atoms with van der Waals surface area (Å²) in [6.07, 6.45) is 1.07. The fourth-order valence-corrected chi connectivity index (χ4v) is 2.32. The molecule has 19 heavy (non-hydrogen) atoms. The number of nitrogen functional groups attached to an aromatic ring is 1. The lowest BCUT2D eigenvalue weighted by atomic mass is 10.3. The highest BCUT2D eigenvalue weighted by atomic mass is 32.2. The van der Waals surface area contributed by atoms with Crippen molar-refractivity contribution < 1.29 is 17.2 Å². The van der Waals surface area contributed by atoms with E-state index in [4.69, 9.17) is 5.73 Å². The van der Waals surface area contributed by atoms with Crippen molar-refractivity contribution in [2.75, 3.05) is 10.5 Å². The van der Waals surface area contributed by atoms with Gasteiger partial charge in [0.2, 0.25) is 0 Å². The van der Waals surface area contributed by atoms with Gasteiger partial charge < -0.3 is 5.73 Å². The normalized spacial score (nSPS) is 11.3. The minimum atomic E-state index is -3.92. The van der Waals surface area contributed by atoms with Crippen LogP contribution in [0.3, 0.4) is 0 Å². The molecule has 0 radical (unpaired) electrons. The molecule has 0 saturated heterocycles. The first kappa shape index (κ1) is 13.2. The number of nitrogens with two attached hydrogens (primary N) is 1. The quantitative estimate of drug-likeness (QED) is 0.899. The molecule has 1 aromatic carbocycles. The van der Waals surface area contributed by atoms with Crippen LogP contribution in [-0.2, 0) is 10.0 Å². The maximum atomic E-state index is 13.0. The minimum Gasteiger partial charge on any atom is -0.384 e. The Labute approximate surface area is 108 Å². The predicted molar refractivity (Wildman–Crippen MR) is 65.8 cm³/mol. The Morgan fingerprint density at radius 3 is 2.42 bits per heavy atom. The molecule has 2 rings (SSSR count). The molecule has 3 N–H and O–H groups in total. The topological polar surface area (TPSA) is 85.1 Å². The number of anilines is 2. The molecule has 2 aromatic rings. The summed E-state index contributed by atoms with van der Waals surface area (Å²) in [7, 11) is -3.92. The first-order valence-corrected chi connectivity index (χ1v) is 6.56. The maximum Gasteiger partial charge on any atom is 0.263 e. The van der Waals surface area contributed by atoms with E-state index in [-0.39, 0.29) is 16.4 Å². The molecule has 0 atom stereocenters. The van der Waals surface area contributed by atoms with Gasteiger partial charge >= 0.3 is 0 Å². The van der Waals surface area contributed by atoms with Gasteiger partial charge in [0, 0.05) is 12.3 Å². The fraction of sp³-hybridized carbons (Fsp3) is 0. The number of rotatable bonds is 3. The summed E-state index contributed by atoms with van der Waals surface area (Å²) in [4.78, 5) is 3.51. The van der Waals surface area contributed by atoms with Crippen molar-refractivity contribution in [2.45, 2.75) is 4.90 Å². The van der Waals surface area contributed by atoms with Gasteiger partial charge in [-0.15, -0.1) is 0 Å². The number of aromatic nitrogens is 1. The van der Waals surface area contributed by atoms with Crippen molar-refractivity contribution in [3.8, 4) is 0 Å². The zero-order chi connectivity index (χ0) is 14.0. The summed E-state index contributed by atoms with van der Waals surface area (Å²) in [6, 6.07) is 5.26. The van der Waals surface area contributed by atoms with Gasteiger partial charge in [0.15, 0.2) is 11.6 Å². The van der Waals surface area contributed by atoms with Crippen LogP contribution in [0.25, 0.3) is 0 Å². The monoisotopic (exact) mass is 285 g/mol. The molecule has 0 amide bonds. The highest BCUT2D eigenvalue weighted by Gasteiger charge is 2.15. The number of hydrogen-bond donors (Lipinski definition) is 2. The number of nitrogens with one attached hydrogen (secondary N) is 1. The molecule has 1 heterocycles. The molecule has 0 saturated carbocycles. The van der Waals surface area contributed by atoms with Crippen LogP contribution in [-0.4, -0.2) is 13.4 Å². The zero-order valence-corrected chi connectivity index (χ0v) is 10.3. The summed E-state index contributed by atoms with van der Waals surface area (Å²) in [6.45, 7) is 0. The van der Waals surface area contributed by atoms with Crippen LogP contribution in [0.2, 0.25) is 0 Å². The van der Waals surface area contributed by atoms with Gasteiger partial charge in [0.05, 0.1) is 5.69 Å². The smallest absolute Gasteiger partial charge is 0.263 e. The van der Waals surface area contributed by atoms with Crippen molar-refractivity contribution in [3.63, 3.8) is 0 Å². The Kier molecular flexibility index (Phi) is 3.34. The van der Waals surface area contributed by atoms with E-state index in [1.165, 1.54) is 12.1 Å². The number of hydrogen-bond acceptors (Lipinski definition) is 4. The minimum absolute atomic E-state index is 0.0873. The Balaban J connectivity index is 2.30. The third-order valence-corrected chi connectivity index (χ3v) is 3.61. The Morgan fingerprint density at radius 2 is 1.84 bits per heavy atom. The number of pyridine rings is 1. The van der Waals surface area contributed by atoms with Crippen LogP contribution in [0.5, 0.6) is 0 Å². The first-order valence-electron chi connectivity index (χ1n) is 5.08. The SMILES string of the molecule is Nc1ccc(S(=O)(=O)Nc2ccc(F)c(F)c2)cn1. The number of halogens is 2. The van der Waals surface area contributed by atoms with Crippen LogP contribution in [0.15, 0.2) is 41.4 Å². The van der Waals surface area contributed by atoms with E-state index >= 15 is 0 Å². The third kappa shape index (κ3) is 2.97. The van der Waals surface area contributed by atoms with Crippen molar-refractivity contribution in [1.82, 2.24) is 4.98 Å². The largest absolute Gasteiger partial charge is 0.384 e. The lowest BCUT2D eigenvalue weighted by Crippen LogP contribution is -2.13. The fourth-order valence-electron chi connectivity index (χ4n) is 1.32. The van der Waals surface area contributed by atoms with E-state index in [0.29, 0.717) is 0 Å². The Hall–Kier alpha value is -2.22. The van der Waals surface area contributed by atoms with Gasteiger partial charge in [-0.3, -0.25) is 4.72 Å². The summed E-state index contributed by atoms with van der Waals surface area (Å²) in [5.74, 6) is -2.03. The number of nitrogens with zero attached hydrogens (tertiary/aromatic N) is 1. The van der Waals surface area contributed by atoms with Crippen molar-refractivity contribution in [1.29, 1.82) is 0 Å². The molecule has 0 aliphatic carbocycles. The van der Waals surface area contributed by atoms with Gasteiger partial charge in [-0.05, 0) is 24.3 Å². The summed E-state index contributed by atoms with van der Waals surface area (Å²) < 4.78 is 51.6. The second-order valence-electron chi connectivity index (χ2n) is 3.65. The molecule has 0 aliphatic rings. The summed E-state index contributed by atoms with van der Waals surface area (Å²) in [5, 5.41) is 0. The van der Waals surface area contributed by atoms with Gasteiger partial charge in [-0.25, -0.2) is 22.2 Å². The molecule has 100 valence electrons. The lowest BCUT2D eigenvalue weighted by Gasteiger charge is -2.08. The third-order valence-electron chi connectivity index (χ3n) is 2.24. The van der Waals surface area contributed by atoms with Crippen molar-refractivity contribution in [2.24, 2.45) is 0 Å². The van der Waals surface area contributed by atoms with Gasteiger partial charge in [0.25, 0.3) is 10.0 Å². The van der Waals surface area contributed by atoms with Crippen LogP contribution in [0.4, 0.5) is 20.3 Å². The highest BCUT2D eigenvalue weighted by Crippen LogP contribution is 2.18. The van der Waals surface area contributed by atoms with E-state index < -0.39 is 21.7 Å². The van der Waals surface area contributed by atoms with Crippen LogP contribution in [0.1, 0.15) is 0 Å². The van der Waals surface area contributed by atoms with E-state index in [2.05, 4.69) is 9.71 Å². The molecule has 5 nitrogen and oxygen atoms in total. The average Bonchev–Trinajstić information content (AvgIpc) is 2.34. The van der Waals surface area contributed by atoms with Gasteiger partial charge in [-0.2, -0.15) is 0 Å². The highest BCUT2D eigenvalue weighted by molar-refractivity contribution is 7.92. The second-order valence-corrected chi connectivity index (χ2v) is 5.34. The van der Waals surface area contributed by atoms with E-state index in [1.54, 1.807) is 0 Å². The van der Waals surface area contributed by atoms with Crippen molar-refractivity contribution in [3.05, 3.63) is 48.2 Å². The zero-order valence-electron chi connectivity index (χ0n) is 9.47. The average molecular weight is 285 g/mol. The van der Waals surface area contributed by atoms with Crippen LogP contribution >= 0.6 is 0 Å². The lowest BCUT2D eigenvalue weighted by molar-refractivity contribution is 0.509. The summed E-state index contributed by atoms with van der Waals surface area (Å²) >= 11 is 0. The number of sulfonamides is 1. The molecule has 0 fully saturated rings. The standard InChI is InChI=1S/C11H9F2N3O2S/c12-9-3-1-7(5-10(9)13)16-19(17,18)8-2-4-11(14)15-6-8/h1-6,16H,(H2,14,15). The van der Waals surface area contributed by atoms with Crippen LogP contribution in [0, 0.1) is 11.6 Å². The predicted octanol–water partition coefficient (Wildman–Crippen LogP) is 1.74. The van der Waals surface area contributed by atoms with E-state index in [0.717, 1.165) is 24.4 Å². The molecule has 1 aromatic heterocycles. The molecular formula is C11H9F2N3O2S. The van der Waals surface area contributed by atoms with E-state index in [1.807, 2.05) is 0 Å². The second kappa shape index (κ2) is 4.81.